The molecule has 1 aromatic rings. The summed E-state index contributed by atoms with van der Waals surface area (Å²) in [5.74, 6) is 0. The predicted molar refractivity (Wildman–Crippen MR) is 85.1 cm³/mol. The number of halogens is 3. The number of thiocarbonyl (C=S) groups is 1. The molecule has 3 N–H and O–H groups in total. The van der Waals surface area contributed by atoms with Gasteiger partial charge in [-0.25, -0.2) is 0 Å². The molecule has 1 fully saturated rings. The lowest BCUT2D eigenvalue weighted by Gasteiger charge is -2.24. The van der Waals surface area contributed by atoms with Gasteiger partial charge in [0.2, 0.25) is 0 Å². The quantitative estimate of drug-likeness (QED) is 0.737. The van der Waals surface area contributed by atoms with Crippen LogP contribution in [0.15, 0.2) is 24.3 Å². The van der Waals surface area contributed by atoms with E-state index in [0.717, 1.165) is 12.6 Å². The van der Waals surface area contributed by atoms with Crippen molar-refractivity contribution >= 4 is 23.0 Å². The summed E-state index contributed by atoms with van der Waals surface area (Å²) in [6.07, 6.45) is -0.601. The predicted octanol–water partition coefficient (Wildman–Crippen LogP) is 2.06. The second-order valence-electron chi connectivity index (χ2n) is 5.48. The fourth-order valence-corrected chi connectivity index (χ4v) is 2.87. The van der Waals surface area contributed by atoms with Crippen LogP contribution in [0.3, 0.4) is 0 Å². The van der Waals surface area contributed by atoms with Crippen LogP contribution in [0.25, 0.3) is 0 Å². The van der Waals surface area contributed by atoms with Gasteiger partial charge in [-0.15, -0.1) is 0 Å². The number of nitrogens with one attached hydrogen (secondary N) is 3. The first-order chi connectivity index (χ1) is 10.5. The lowest BCUT2D eigenvalue weighted by Crippen LogP contribution is -3.13. The highest BCUT2D eigenvalue weighted by atomic mass is 32.1. The molecule has 3 nitrogen and oxygen atoms in total. The van der Waals surface area contributed by atoms with Crippen molar-refractivity contribution < 1.29 is 18.1 Å². The molecule has 2 rings (SSSR count). The van der Waals surface area contributed by atoms with Crippen molar-refractivity contribution in [2.24, 2.45) is 0 Å². The van der Waals surface area contributed by atoms with E-state index in [9.17, 15) is 13.2 Å². The van der Waals surface area contributed by atoms with Crippen LogP contribution in [0, 0.1) is 0 Å². The lowest BCUT2D eigenvalue weighted by atomic mass is 10.1. The summed E-state index contributed by atoms with van der Waals surface area (Å²) in [6.45, 7) is 3.93. The number of benzene rings is 1. The Labute approximate surface area is 133 Å². The normalized spacial score (nSPS) is 16.3. The molecule has 0 atom stereocenters. The topological polar surface area (TPSA) is 28.5 Å². The van der Waals surface area contributed by atoms with Crippen LogP contribution in [0.4, 0.5) is 18.9 Å². The molecule has 22 heavy (non-hydrogen) atoms. The molecule has 0 unspecified atom stereocenters. The van der Waals surface area contributed by atoms with E-state index >= 15 is 0 Å². The minimum atomic E-state index is -4.39. The third kappa shape index (κ3) is 5.14. The molecule has 0 radical (unpaired) electrons. The van der Waals surface area contributed by atoms with Gasteiger partial charge in [-0.05, 0) is 43.6 Å². The van der Waals surface area contributed by atoms with Crippen molar-refractivity contribution in [1.82, 2.24) is 5.32 Å². The van der Waals surface area contributed by atoms with Crippen LogP contribution in [0.1, 0.15) is 24.8 Å². The van der Waals surface area contributed by atoms with Crippen LogP contribution in [-0.2, 0) is 6.18 Å². The summed E-state index contributed by atoms with van der Waals surface area (Å²) >= 11 is 5.09. The number of rotatable bonds is 4. The summed E-state index contributed by atoms with van der Waals surface area (Å²) in [5, 5.41) is 5.86. The highest BCUT2D eigenvalue weighted by Gasteiger charge is 2.33. The van der Waals surface area contributed by atoms with Gasteiger partial charge in [0.1, 0.15) is 0 Å². The third-order valence-corrected chi connectivity index (χ3v) is 4.05. The fourth-order valence-electron chi connectivity index (χ4n) is 2.66. The van der Waals surface area contributed by atoms with Gasteiger partial charge in [-0.1, -0.05) is 12.1 Å². The van der Waals surface area contributed by atoms with Gasteiger partial charge in [0.25, 0.3) is 0 Å². The summed E-state index contributed by atoms with van der Waals surface area (Å²) < 4.78 is 38.7. The van der Waals surface area contributed by atoms with Crippen LogP contribution in [-0.4, -0.2) is 31.3 Å². The molecule has 1 aliphatic heterocycles. The molecule has 0 spiro atoms. The number of piperidine rings is 1. The number of likely N-dealkylation sites (tertiary alicyclic amines) is 1. The van der Waals surface area contributed by atoms with Crippen molar-refractivity contribution in [3.05, 3.63) is 29.8 Å². The van der Waals surface area contributed by atoms with E-state index in [2.05, 4.69) is 10.6 Å². The molecule has 0 saturated carbocycles. The zero-order chi connectivity index (χ0) is 16.0. The molecule has 0 amide bonds. The Morgan fingerprint density at radius 1 is 1.14 bits per heavy atom. The molecular weight excluding hydrogens is 311 g/mol. The van der Waals surface area contributed by atoms with E-state index in [1.54, 1.807) is 6.07 Å². The van der Waals surface area contributed by atoms with Gasteiger partial charge >= 0.3 is 6.18 Å². The van der Waals surface area contributed by atoms with Crippen molar-refractivity contribution in [2.45, 2.75) is 25.4 Å². The van der Waals surface area contributed by atoms with Gasteiger partial charge in [-0.3, -0.25) is 0 Å². The number of quaternary nitrogens is 1. The zero-order valence-corrected chi connectivity index (χ0v) is 13.1. The van der Waals surface area contributed by atoms with E-state index in [4.69, 9.17) is 12.2 Å². The maximum atomic E-state index is 12.9. The van der Waals surface area contributed by atoms with Crippen molar-refractivity contribution in [3.63, 3.8) is 0 Å². The molecular formula is C15H21F3N3S+. The van der Waals surface area contributed by atoms with Crippen LogP contribution in [0.5, 0.6) is 0 Å². The maximum Gasteiger partial charge on any atom is 0.418 e. The summed E-state index contributed by atoms with van der Waals surface area (Å²) in [5.41, 5.74) is -0.723. The Hall–Kier alpha value is -1.34. The molecule has 0 aromatic heterocycles. The smallest absolute Gasteiger partial charge is 0.357 e. The Bertz CT molecular complexity index is 499. The summed E-state index contributed by atoms with van der Waals surface area (Å²) in [6, 6.07) is 5.35. The van der Waals surface area contributed by atoms with Crippen LogP contribution < -0.4 is 15.5 Å². The standard InChI is InChI=1S/C15H20F3N3S/c16-15(17,18)12-6-2-3-7-13(12)20-14(22)19-8-11-21-9-4-1-5-10-21/h2-3,6-7H,1,4-5,8-11H2,(H2,19,20,22)/p+1. The van der Waals surface area contributed by atoms with Gasteiger partial charge in [-0.2, -0.15) is 13.2 Å². The maximum absolute atomic E-state index is 12.9. The summed E-state index contributed by atoms with van der Waals surface area (Å²) in [7, 11) is 0. The van der Waals surface area contributed by atoms with Crippen LogP contribution >= 0.6 is 12.2 Å². The molecule has 1 heterocycles. The van der Waals surface area contributed by atoms with E-state index in [1.807, 2.05) is 0 Å². The summed E-state index contributed by atoms with van der Waals surface area (Å²) in [4.78, 5) is 1.53. The van der Waals surface area contributed by atoms with Gasteiger partial charge in [0.15, 0.2) is 5.11 Å². The monoisotopic (exact) mass is 332 g/mol. The largest absolute Gasteiger partial charge is 0.418 e. The van der Waals surface area contributed by atoms with E-state index < -0.39 is 11.7 Å². The molecule has 0 aliphatic carbocycles. The first-order valence-corrected chi connectivity index (χ1v) is 7.92. The van der Waals surface area contributed by atoms with Crippen molar-refractivity contribution in [1.29, 1.82) is 0 Å². The third-order valence-electron chi connectivity index (χ3n) is 3.81. The van der Waals surface area contributed by atoms with Crippen molar-refractivity contribution in [2.75, 3.05) is 31.5 Å². The minimum absolute atomic E-state index is 0.0159. The molecule has 1 aromatic carbocycles. The number of alkyl halides is 3. The number of anilines is 1. The average molecular weight is 332 g/mol. The Kier molecular flexibility index (Phi) is 6.02. The highest BCUT2D eigenvalue weighted by Crippen LogP contribution is 2.34. The molecule has 122 valence electrons. The van der Waals surface area contributed by atoms with E-state index in [0.29, 0.717) is 6.54 Å². The first-order valence-electron chi connectivity index (χ1n) is 7.51. The molecule has 0 bridgehead atoms. The average Bonchev–Trinajstić information content (AvgIpc) is 2.48. The first kappa shape index (κ1) is 17.0. The SMILES string of the molecule is FC(F)(F)c1ccccc1NC(=S)NCC[NH+]1CCCCC1. The van der Waals surface area contributed by atoms with Gasteiger partial charge in [0, 0.05) is 0 Å². The number of hydrogen-bond acceptors (Lipinski definition) is 1. The zero-order valence-electron chi connectivity index (χ0n) is 12.3. The lowest BCUT2D eigenvalue weighted by molar-refractivity contribution is -0.903. The minimum Gasteiger partial charge on any atom is -0.357 e. The molecule has 1 aliphatic rings. The van der Waals surface area contributed by atoms with Gasteiger partial charge in [0.05, 0.1) is 37.4 Å². The van der Waals surface area contributed by atoms with Crippen molar-refractivity contribution in [3.8, 4) is 0 Å². The van der Waals surface area contributed by atoms with Crippen LogP contribution in [0.2, 0.25) is 0 Å². The molecule has 7 heteroatoms. The van der Waals surface area contributed by atoms with Gasteiger partial charge < -0.3 is 15.5 Å². The Morgan fingerprint density at radius 2 is 1.82 bits per heavy atom. The van der Waals surface area contributed by atoms with E-state index in [1.165, 1.54) is 49.4 Å². The Morgan fingerprint density at radius 3 is 2.50 bits per heavy atom. The number of para-hydroxylation sites is 1. The number of hydrogen-bond donors (Lipinski definition) is 3. The Balaban J connectivity index is 1.82. The fraction of sp³-hybridized carbons (Fsp3) is 0.533. The van der Waals surface area contributed by atoms with E-state index in [-0.39, 0.29) is 10.8 Å². The highest BCUT2D eigenvalue weighted by molar-refractivity contribution is 7.80. The second-order valence-corrected chi connectivity index (χ2v) is 5.89. The second kappa shape index (κ2) is 7.78. The molecule has 1 saturated heterocycles.